The Kier molecular flexibility index (Phi) is 5.33. The SMILES string of the molecule is C=CC(=O)NCC(C)C[Si](C)(C)Cl. The molecule has 0 spiro atoms. The third kappa shape index (κ3) is 8.06. The smallest absolute Gasteiger partial charge is 0.243 e. The summed E-state index contributed by atoms with van der Waals surface area (Å²) in [5.41, 5.74) is 0. The van der Waals surface area contributed by atoms with Crippen molar-refractivity contribution in [1.82, 2.24) is 5.32 Å². The molecule has 13 heavy (non-hydrogen) atoms. The van der Waals surface area contributed by atoms with E-state index in [2.05, 4.69) is 31.9 Å². The first-order valence-corrected chi connectivity index (χ1v) is 8.66. The van der Waals surface area contributed by atoms with Gasteiger partial charge in [-0.05, 0) is 18.0 Å². The van der Waals surface area contributed by atoms with Gasteiger partial charge in [-0.3, -0.25) is 4.79 Å². The Hall–Kier alpha value is -0.283. The third-order valence-corrected chi connectivity index (χ3v) is 3.77. The molecule has 0 radical (unpaired) electrons. The Bertz CT molecular complexity index is 189. The molecule has 0 saturated carbocycles. The van der Waals surface area contributed by atoms with E-state index in [4.69, 9.17) is 11.1 Å². The number of hydrogen-bond acceptors (Lipinski definition) is 1. The number of amides is 1. The van der Waals surface area contributed by atoms with Crippen molar-refractivity contribution in [2.45, 2.75) is 26.1 Å². The van der Waals surface area contributed by atoms with Crippen molar-refractivity contribution in [3.05, 3.63) is 12.7 Å². The fraction of sp³-hybridized carbons (Fsp3) is 0.667. The van der Waals surface area contributed by atoms with Gasteiger partial charge in [0.1, 0.15) is 0 Å². The van der Waals surface area contributed by atoms with Crippen molar-refractivity contribution in [3.63, 3.8) is 0 Å². The van der Waals surface area contributed by atoms with Gasteiger partial charge >= 0.3 is 0 Å². The predicted octanol–water partition coefficient (Wildman–Crippen LogP) is 2.37. The molecule has 2 nitrogen and oxygen atoms in total. The van der Waals surface area contributed by atoms with Crippen molar-refractivity contribution < 1.29 is 4.79 Å². The molecule has 1 amide bonds. The molecule has 0 aliphatic carbocycles. The lowest BCUT2D eigenvalue weighted by Crippen LogP contribution is -2.30. The zero-order valence-corrected chi connectivity index (χ0v) is 10.3. The molecule has 0 aromatic carbocycles. The summed E-state index contributed by atoms with van der Waals surface area (Å²) in [5, 5.41) is 2.76. The van der Waals surface area contributed by atoms with Crippen LogP contribution in [0.5, 0.6) is 0 Å². The van der Waals surface area contributed by atoms with Crippen LogP contribution in [0.15, 0.2) is 12.7 Å². The van der Waals surface area contributed by atoms with E-state index in [9.17, 15) is 4.79 Å². The van der Waals surface area contributed by atoms with Gasteiger partial charge in [-0.2, -0.15) is 11.1 Å². The molecule has 0 heterocycles. The minimum atomic E-state index is -1.51. The van der Waals surface area contributed by atoms with Crippen LogP contribution in [-0.2, 0) is 4.79 Å². The fourth-order valence-corrected chi connectivity index (χ4v) is 3.84. The van der Waals surface area contributed by atoms with E-state index in [1.165, 1.54) is 6.08 Å². The molecule has 0 rings (SSSR count). The van der Waals surface area contributed by atoms with E-state index in [0.29, 0.717) is 12.5 Å². The maximum Gasteiger partial charge on any atom is 0.243 e. The molecule has 0 aromatic rings. The number of carbonyl (C=O) groups is 1. The average Bonchev–Trinajstić information content (AvgIpc) is 1.97. The summed E-state index contributed by atoms with van der Waals surface area (Å²) in [6, 6.07) is 1.02. The summed E-state index contributed by atoms with van der Waals surface area (Å²) >= 11 is 6.18. The molecular weight excluding hydrogens is 202 g/mol. The van der Waals surface area contributed by atoms with Crippen LogP contribution >= 0.6 is 11.1 Å². The second-order valence-corrected chi connectivity index (χ2v) is 10.9. The maximum atomic E-state index is 10.8. The van der Waals surface area contributed by atoms with Crippen LogP contribution < -0.4 is 5.32 Å². The molecule has 1 atom stereocenters. The molecular formula is C9H18ClNOSi. The Morgan fingerprint density at radius 2 is 2.23 bits per heavy atom. The maximum absolute atomic E-state index is 10.8. The summed E-state index contributed by atoms with van der Waals surface area (Å²) in [7, 11) is -1.51. The quantitative estimate of drug-likeness (QED) is 0.430. The minimum absolute atomic E-state index is 0.110. The molecule has 1 N–H and O–H groups in total. The first-order valence-electron chi connectivity index (χ1n) is 4.44. The molecule has 0 aliphatic heterocycles. The molecule has 0 aromatic heterocycles. The summed E-state index contributed by atoms with van der Waals surface area (Å²) in [5.74, 6) is 0.337. The lowest BCUT2D eigenvalue weighted by molar-refractivity contribution is -0.116. The minimum Gasteiger partial charge on any atom is -0.352 e. The normalized spacial score (nSPS) is 13.5. The van der Waals surface area contributed by atoms with E-state index in [-0.39, 0.29) is 5.91 Å². The van der Waals surface area contributed by atoms with Gasteiger partial charge in [-0.25, -0.2) is 0 Å². The monoisotopic (exact) mass is 219 g/mol. The Balaban J connectivity index is 3.69. The van der Waals surface area contributed by atoms with Gasteiger partial charge in [0.2, 0.25) is 5.91 Å². The summed E-state index contributed by atoms with van der Waals surface area (Å²) in [6.07, 6.45) is 1.29. The van der Waals surface area contributed by atoms with E-state index in [0.717, 1.165) is 6.04 Å². The highest BCUT2D eigenvalue weighted by molar-refractivity contribution is 7.19. The number of hydrogen-bond donors (Lipinski definition) is 1. The molecule has 0 bridgehead atoms. The van der Waals surface area contributed by atoms with Crippen molar-refractivity contribution in [2.24, 2.45) is 5.92 Å². The van der Waals surface area contributed by atoms with Crippen LogP contribution in [0, 0.1) is 5.92 Å². The largest absolute Gasteiger partial charge is 0.352 e. The fourth-order valence-electron chi connectivity index (χ4n) is 1.25. The van der Waals surface area contributed by atoms with Crippen LogP contribution in [0.2, 0.25) is 19.1 Å². The van der Waals surface area contributed by atoms with Gasteiger partial charge in [0.15, 0.2) is 7.38 Å². The van der Waals surface area contributed by atoms with Gasteiger partial charge < -0.3 is 5.32 Å². The highest BCUT2D eigenvalue weighted by Crippen LogP contribution is 2.19. The topological polar surface area (TPSA) is 29.1 Å². The van der Waals surface area contributed by atoms with Crippen LogP contribution in [0.1, 0.15) is 6.92 Å². The second kappa shape index (κ2) is 5.45. The second-order valence-electron chi connectivity index (χ2n) is 3.98. The van der Waals surface area contributed by atoms with Crippen LogP contribution in [-0.4, -0.2) is 19.8 Å². The highest BCUT2D eigenvalue weighted by Gasteiger charge is 2.20. The van der Waals surface area contributed by atoms with Gasteiger partial charge in [0.05, 0.1) is 0 Å². The Morgan fingerprint density at radius 1 is 1.69 bits per heavy atom. The first kappa shape index (κ1) is 12.7. The zero-order chi connectivity index (χ0) is 10.5. The van der Waals surface area contributed by atoms with Crippen molar-refractivity contribution >= 4 is 24.4 Å². The summed E-state index contributed by atoms with van der Waals surface area (Å²) < 4.78 is 0. The van der Waals surface area contributed by atoms with Gasteiger partial charge in [0, 0.05) is 6.54 Å². The Labute approximate surface area is 86.1 Å². The van der Waals surface area contributed by atoms with E-state index >= 15 is 0 Å². The van der Waals surface area contributed by atoms with Crippen LogP contribution in [0.25, 0.3) is 0 Å². The molecule has 76 valence electrons. The number of rotatable bonds is 5. The third-order valence-electron chi connectivity index (χ3n) is 1.64. The highest BCUT2D eigenvalue weighted by atomic mass is 35.6. The van der Waals surface area contributed by atoms with Crippen LogP contribution in [0.3, 0.4) is 0 Å². The molecule has 4 heteroatoms. The zero-order valence-electron chi connectivity index (χ0n) is 8.56. The lowest BCUT2D eigenvalue weighted by Gasteiger charge is -2.18. The predicted molar refractivity (Wildman–Crippen MR) is 60.5 cm³/mol. The van der Waals surface area contributed by atoms with Crippen molar-refractivity contribution in [3.8, 4) is 0 Å². The van der Waals surface area contributed by atoms with Gasteiger partial charge in [-0.1, -0.05) is 26.6 Å². The molecule has 0 fully saturated rings. The number of nitrogens with one attached hydrogen (secondary N) is 1. The van der Waals surface area contributed by atoms with Crippen LogP contribution in [0.4, 0.5) is 0 Å². The lowest BCUT2D eigenvalue weighted by atomic mass is 10.2. The molecule has 0 saturated heterocycles. The Morgan fingerprint density at radius 3 is 2.62 bits per heavy atom. The van der Waals surface area contributed by atoms with Crippen molar-refractivity contribution in [2.75, 3.05) is 6.54 Å². The van der Waals surface area contributed by atoms with Crippen molar-refractivity contribution in [1.29, 1.82) is 0 Å². The number of carbonyl (C=O) groups excluding carboxylic acids is 1. The van der Waals surface area contributed by atoms with Gasteiger partial charge in [-0.15, -0.1) is 0 Å². The first-order chi connectivity index (χ1) is 5.85. The average molecular weight is 220 g/mol. The number of halogens is 1. The molecule has 0 aliphatic rings. The van der Waals surface area contributed by atoms with Gasteiger partial charge in [0.25, 0.3) is 0 Å². The standard InChI is InChI=1S/C9H18ClNOSi/c1-5-9(12)11-6-8(2)7-13(3,4)10/h5,8H,1,6-7H2,2-4H3,(H,11,12). The summed E-state index contributed by atoms with van der Waals surface area (Å²) in [6.45, 7) is 10.4. The van der Waals surface area contributed by atoms with E-state index in [1.807, 2.05) is 0 Å². The molecule has 1 unspecified atom stereocenters. The summed E-state index contributed by atoms with van der Waals surface area (Å²) in [4.78, 5) is 10.8. The van der Waals surface area contributed by atoms with E-state index < -0.39 is 7.38 Å². The van der Waals surface area contributed by atoms with E-state index in [1.54, 1.807) is 0 Å².